The average Bonchev–Trinajstić information content (AvgIpc) is 3.53. The maximum atomic E-state index is 13.3. The quantitative estimate of drug-likeness (QED) is 0.678. The first-order valence-electron chi connectivity index (χ1n) is 11.9. The van der Waals surface area contributed by atoms with Crippen LogP contribution in [-0.2, 0) is 19.6 Å². The van der Waals surface area contributed by atoms with Crippen molar-refractivity contribution in [2.75, 3.05) is 31.7 Å². The molecule has 2 amide bonds. The van der Waals surface area contributed by atoms with Gasteiger partial charge in [-0.3, -0.25) is 9.59 Å². The van der Waals surface area contributed by atoms with Crippen molar-refractivity contribution in [3.8, 4) is 11.5 Å². The van der Waals surface area contributed by atoms with Gasteiger partial charge in [0.1, 0.15) is 6.04 Å². The van der Waals surface area contributed by atoms with Crippen molar-refractivity contribution in [2.45, 2.75) is 43.5 Å². The van der Waals surface area contributed by atoms with E-state index in [1.54, 1.807) is 47.4 Å². The van der Waals surface area contributed by atoms with E-state index in [2.05, 4.69) is 5.32 Å². The number of nitrogens with one attached hydrogen (secondary N) is 1. The van der Waals surface area contributed by atoms with Crippen LogP contribution >= 0.6 is 0 Å². The molecule has 9 nitrogen and oxygen atoms in total. The molecular formula is C25H29N3O6S. The van der Waals surface area contributed by atoms with Gasteiger partial charge < -0.3 is 19.7 Å². The third-order valence-corrected chi connectivity index (χ3v) is 8.85. The van der Waals surface area contributed by atoms with Crippen molar-refractivity contribution in [3.05, 3.63) is 48.0 Å². The predicted octanol–water partition coefficient (Wildman–Crippen LogP) is 2.75. The van der Waals surface area contributed by atoms with Crippen LogP contribution in [0, 0.1) is 12.8 Å². The van der Waals surface area contributed by atoms with Crippen molar-refractivity contribution in [2.24, 2.45) is 5.92 Å². The molecule has 0 aliphatic carbocycles. The highest BCUT2D eigenvalue weighted by molar-refractivity contribution is 7.89. The molecule has 3 aliphatic heterocycles. The van der Waals surface area contributed by atoms with Crippen LogP contribution in [0.3, 0.4) is 0 Å². The molecular weight excluding hydrogens is 470 g/mol. The first kappa shape index (κ1) is 23.6. The highest BCUT2D eigenvalue weighted by atomic mass is 32.2. The minimum absolute atomic E-state index is 0.0688. The SMILES string of the molecule is Cc1ccc(S(=O)(=O)N2CCC(C(=O)N3CCC[C@@H]3C(=O)Nc3ccc4c(c3)OCO4)CC2)cc1. The second-order valence-corrected chi connectivity index (χ2v) is 11.2. The Balaban J connectivity index is 1.20. The molecule has 0 bridgehead atoms. The second-order valence-electron chi connectivity index (χ2n) is 9.24. The van der Waals surface area contributed by atoms with Crippen LogP contribution in [0.5, 0.6) is 11.5 Å². The van der Waals surface area contributed by atoms with Crippen LogP contribution in [0.2, 0.25) is 0 Å². The van der Waals surface area contributed by atoms with E-state index in [1.807, 2.05) is 6.92 Å². The van der Waals surface area contributed by atoms with Crippen LogP contribution in [0.4, 0.5) is 5.69 Å². The molecule has 2 aromatic rings. The number of hydrogen-bond acceptors (Lipinski definition) is 6. The number of aryl methyl sites for hydroxylation is 1. The van der Waals surface area contributed by atoms with E-state index in [0.717, 1.165) is 12.0 Å². The molecule has 5 rings (SSSR count). The van der Waals surface area contributed by atoms with E-state index in [-0.39, 0.29) is 42.5 Å². The monoisotopic (exact) mass is 499 g/mol. The maximum Gasteiger partial charge on any atom is 0.247 e. The third-order valence-electron chi connectivity index (χ3n) is 6.94. The number of nitrogens with zero attached hydrogens (tertiary/aromatic N) is 2. The van der Waals surface area contributed by atoms with E-state index in [1.165, 1.54) is 4.31 Å². The van der Waals surface area contributed by atoms with Crippen molar-refractivity contribution in [3.63, 3.8) is 0 Å². The zero-order chi connectivity index (χ0) is 24.6. The highest BCUT2D eigenvalue weighted by Gasteiger charge is 2.39. The van der Waals surface area contributed by atoms with Crippen LogP contribution < -0.4 is 14.8 Å². The molecule has 10 heteroatoms. The van der Waals surface area contributed by atoms with E-state index in [0.29, 0.717) is 43.0 Å². The summed E-state index contributed by atoms with van der Waals surface area (Å²) in [6.07, 6.45) is 2.24. The maximum absolute atomic E-state index is 13.3. The fourth-order valence-electron chi connectivity index (χ4n) is 4.94. The van der Waals surface area contributed by atoms with Gasteiger partial charge in [0.2, 0.25) is 28.6 Å². The molecule has 0 unspecified atom stereocenters. The van der Waals surface area contributed by atoms with Crippen LogP contribution in [0.25, 0.3) is 0 Å². The summed E-state index contributed by atoms with van der Waals surface area (Å²) in [6.45, 7) is 3.17. The van der Waals surface area contributed by atoms with Crippen molar-refractivity contribution in [1.29, 1.82) is 0 Å². The fourth-order valence-corrected chi connectivity index (χ4v) is 6.41. The Morgan fingerprint density at radius 3 is 2.40 bits per heavy atom. The molecule has 35 heavy (non-hydrogen) atoms. The molecule has 0 spiro atoms. The number of anilines is 1. The highest BCUT2D eigenvalue weighted by Crippen LogP contribution is 2.35. The van der Waals surface area contributed by atoms with E-state index < -0.39 is 16.1 Å². The topological polar surface area (TPSA) is 105 Å². The lowest BCUT2D eigenvalue weighted by atomic mass is 9.96. The number of piperidine rings is 1. The lowest BCUT2D eigenvalue weighted by molar-refractivity contribution is -0.141. The molecule has 0 saturated carbocycles. The number of sulfonamides is 1. The van der Waals surface area contributed by atoms with Gasteiger partial charge in [-0.2, -0.15) is 4.31 Å². The molecule has 3 heterocycles. The Hall–Kier alpha value is -3.11. The van der Waals surface area contributed by atoms with Gasteiger partial charge in [-0.25, -0.2) is 8.42 Å². The van der Waals surface area contributed by atoms with Gasteiger partial charge in [-0.05, 0) is 56.9 Å². The number of amides is 2. The largest absolute Gasteiger partial charge is 0.454 e. The Bertz CT molecular complexity index is 1220. The standard InChI is InChI=1S/C25H29N3O6S/c1-17-4-7-20(8-5-17)35(31,32)27-13-10-18(11-14-27)25(30)28-12-2-3-21(28)24(29)26-19-6-9-22-23(15-19)34-16-33-22/h4-9,15,18,21H,2-3,10-14,16H2,1H3,(H,26,29)/t21-/m1/s1. The summed E-state index contributed by atoms with van der Waals surface area (Å²) in [4.78, 5) is 28.3. The van der Waals surface area contributed by atoms with Crippen LogP contribution in [0.1, 0.15) is 31.2 Å². The zero-order valence-corrected chi connectivity index (χ0v) is 20.4. The lowest BCUT2D eigenvalue weighted by Crippen LogP contribution is -2.48. The molecule has 1 atom stereocenters. The van der Waals surface area contributed by atoms with Gasteiger partial charge in [0.25, 0.3) is 0 Å². The summed E-state index contributed by atoms with van der Waals surface area (Å²) < 4.78 is 38.1. The Labute approximate surface area is 205 Å². The van der Waals surface area contributed by atoms with Crippen molar-refractivity contribution in [1.82, 2.24) is 9.21 Å². The molecule has 3 aliphatic rings. The molecule has 2 saturated heterocycles. The first-order valence-corrected chi connectivity index (χ1v) is 13.3. The molecule has 1 N–H and O–H groups in total. The fraction of sp³-hybridized carbons (Fsp3) is 0.440. The number of benzene rings is 2. The summed E-state index contributed by atoms with van der Waals surface area (Å²) in [6, 6.07) is 11.5. The van der Waals surface area contributed by atoms with Crippen molar-refractivity contribution >= 4 is 27.5 Å². The van der Waals surface area contributed by atoms with Gasteiger partial charge in [0.15, 0.2) is 11.5 Å². The van der Waals surface area contributed by atoms with Crippen molar-refractivity contribution < 1.29 is 27.5 Å². The number of rotatable bonds is 5. The number of hydrogen-bond donors (Lipinski definition) is 1. The number of fused-ring (bicyclic) bond motifs is 1. The number of carbonyl (C=O) groups is 2. The smallest absolute Gasteiger partial charge is 0.247 e. The lowest BCUT2D eigenvalue weighted by Gasteiger charge is -2.34. The first-order chi connectivity index (χ1) is 16.8. The minimum Gasteiger partial charge on any atom is -0.454 e. The molecule has 2 aromatic carbocycles. The molecule has 2 fully saturated rings. The average molecular weight is 500 g/mol. The summed E-state index contributed by atoms with van der Waals surface area (Å²) >= 11 is 0. The zero-order valence-electron chi connectivity index (χ0n) is 19.6. The Kier molecular flexibility index (Phi) is 6.41. The predicted molar refractivity (Wildman–Crippen MR) is 129 cm³/mol. The second kappa shape index (κ2) is 9.50. The Morgan fingerprint density at radius 1 is 0.943 bits per heavy atom. The summed E-state index contributed by atoms with van der Waals surface area (Å²) in [7, 11) is -3.59. The number of ether oxygens (including phenoxy) is 2. The van der Waals surface area contributed by atoms with Gasteiger partial charge in [0, 0.05) is 37.3 Å². The molecule has 0 radical (unpaired) electrons. The molecule has 186 valence electrons. The summed E-state index contributed by atoms with van der Waals surface area (Å²) in [5.41, 5.74) is 1.59. The van der Waals surface area contributed by atoms with E-state index >= 15 is 0 Å². The summed E-state index contributed by atoms with van der Waals surface area (Å²) in [5.74, 6) is 0.624. The third kappa shape index (κ3) is 4.72. The summed E-state index contributed by atoms with van der Waals surface area (Å²) in [5, 5.41) is 2.89. The molecule has 0 aromatic heterocycles. The van der Waals surface area contributed by atoms with Gasteiger partial charge in [-0.15, -0.1) is 0 Å². The van der Waals surface area contributed by atoms with Gasteiger partial charge in [-0.1, -0.05) is 17.7 Å². The minimum atomic E-state index is -3.59. The Morgan fingerprint density at radius 2 is 1.66 bits per heavy atom. The van der Waals surface area contributed by atoms with Crippen LogP contribution in [0.15, 0.2) is 47.4 Å². The van der Waals surface area contributed by atoms with Gasteiger partial charge >= 0.3 is 0 Å². The van der Waals surface area contributed by atoms with Crippen LogP contribution in [-0.4, -0.2) is 61.9 Å². The van der Waals surface area contributed by atoms with E-state index in [9.17, 15) is 18.0 Å². The number of likely N-dealkylation sites (tertiary alicyclic amines) is 1. The normalized spacial score (nSPS) is 20.7. The van der Waals surface area contributed by atoms with E-state index in [4.69, 9.17) is 9.47 Å². The van der Waals surface area contributed by atoms with Gasteiger partial charge in [0.05, 0.1) is 4.90 Å². The number of carbonyl (C=O) groups excluding carboxylic acids is 2.